The van der Waals surface area contributed by atoms with Gasteiger partial charge >= 0.3 is 0 Å². The van der Waals surface area contributed by atoms with E-state index in [0.29, 0.717) is 12.2 Å². The smallest absolute Gasteiger partial charge is 0.108 e. The molecule has 0 amide bonds. The van der Waals surface area contributed by atoms with Crippen LogP contribution in [0, 0.1) is 6.92 Å². The summed E-state index contributed by atoms with van der Waals surface area (Å²) in [6, 6.07) is 14.0. The molecule has 0 aliphatic heterocycles. The van der Waals surface area contributed by atoms with E-state index in [2.05, 4.69) is 62.3 Å². The molecule has 0 unspecified atom stereocenters. The Morgan fingerprint density at radius 2 is 1.76 bits per heavy atom. The average molecular weight is 284 g/mol. The van der Waals surface area contributed by atoms with E-state index in [-0.39, 0.29) is 5.54 Å². The van der Waals surface area contributed by atoms with Crippen molar-refractivity contribution in [2.45, 2.75) is 39.3 Å². The summed E-state index contributed by atoms with van der Waals surface area (Å²) < 4.78 is 0. The van der Waals surface area contributed by atoms with Gasteiger partial charge < -0.3 is 10.4 Å². The molecular formula is C18H24N2O. The number of aliphatic hydroxyl groups is 1. The molecule has 0 saturated heterocycles. The number of β-amino-alcohol motifs (C(OH)–C–C–N with tert-alkyl or cyclic N) is 1. The Bertz CT molecular complexity index is 585. The highest BCUT2D eigenvalue weighted by Crippen LogP contribution is 2.20. The third kappa shape index (κ3) is 4.66. The summed E-state index contributed by atoms with van der Waals surface area (Å²) in [7, 11) is 0. The number of rotatable bonds is 4. The lowest BCUT2D eigenvalue weighted by Gasteiger charge is -2.22. The summed E-state index contributed by atoms with van der Waals surface area (Å²) in [6.45, 7) is 8.80. The number of hydrogen-bond donors (Lipinski definition) is 2. The molecule has 2 rings (SSSR count). The lowest BCUT2D eigenvalue weighted by molar-refractivity contribution is 0.159. The molecular weight excluding hydrogens is 260 g/mol. The van der Waals surface area contributed by atoms with Crippen LogP contribution in [0.25, 0.3) is 11.3 Å². The van der Waals surface area contributed by atoms with Crippen LogP contribution < -0.4 is 5.32 Å². The lowest BCUT2D eigenvalue weighted by Crippen LogP contribution is -2.38. The summed E-state index contributed by atoms with van der Waals surface area (Å²) >= 11 is 0. The number of aliphatic hydroxyl groups excluding tert-OH is 1. The van der Waals surface area contributed by atoms with Gasteiger partial charge in [0.25, 0.3) is 0 Å². The van der Waals surface area contributed by atoms with Gasteiger partial charge in [0, 0.05) is 17.6 Å². The molecule has 1 heterocycles. The van der Waals surface area contributed by atoms with Crippen LogP contribution in [0.4, 0.5) is 0 Å². The van der Waals surface area contributed by atoms with Gasteiger partial charge in [-0.15, -0.1) is 0 Å². The molecule has 0 radical (unpaired) electrons. The van der Waals surface area contributed by atoms with Crippen LogP contribution in [-0.2, 0) is 0 Å². The van der Waals surface area contributed by atoms with Crippen LogP contribution in [-0.4, -0.2) is 22.2 Å². The van der Waals surface area contributed by atoms with E-state index in [1.807, 2.05) is 18.2 Å². The van der Waals surface area contributed by atoms with Gasteiger partial charge in [0.05, 0.1) is 11.4 Å². The van der Waals surface area contributed by atoms with Gasteiger partial charge in [0.15, 0.2) is 0 Å². The van der Waals surface area contributed by atoms with Gasteiger partial charge in [-0.2, -0.15) is 0 Å². The van der Waals surface area contributed by atoms with Crippen LogP contribution >= 0.6 is 0 Å². The molecule has 1 aromatic carbocycles. The minimum atomic E-state index is -0.602. The summed E-state index contributed by atoms with van der Waals surface area (Å²) in [5.41, 5.74) is 3.87. The maximum Gasteiger partial charge on any atom is 0.108 e. The number of nitrogens with one attached hydrogen (secondary N) is 1. The van der Waals surface area contributed by atoms with Crippen molar-refractivity contribution >= 4 is 0 Å². The largest absolute Gasteiger partial charge is 0.385 e. The number of nitrogens with zero attached hydrogens (tertiary/aromatic N) is 1. The first-order chi connectivity index (χ1) is 9.85. The number of aryl methyl sites for hydroxylation is 1. The van der Waals surface area contributed by atoms with E-state index in [9.17, 15) is 5.11 Å². The molecule has 2 aromatic rings. The predicted molar refractivity (Wildman–Crippen MR) is 87.1 cm³/mol. The minimum Gasteiger partial charge on any atom is -0.385 e. The molecule has 112 valence electrons. The molecule has 1 atom stereocenters. The molecule has 2 N–H and O–H groups in total. The Kier molecular flexibility index (Phi) is 4.76. The zero-order chi connectivity index (χ0) is 15.5. The second-order valence-corrected chi connectivity index (χ2v) is 6.46. The molecule has 3 heteroatoms. The van der Waals surface area contributed by atoms with Crippen molar-refractivity contribution in [2.75, 3.05) is 6.54 Å². The molecule has 0 aliphatic rings. The van der Waals surface area contributed by atoms with E-state index in [4.69, 9.17) is 0 Å². The number of aromatic nitrogens is 1. The Morgan fingerprint density at radius 3 is 2.38 bits per heavy atom. The number of benzene rings is 1. The second kappa shape index (κ2) is 6.37. The summed E-state index contributed by atoms with van der Waals surface area (Å²) in [4.78, 5) is 4.58. The highest BCUT2D eigenvalue weighted by molar-refractivity contribution is 5.59. The first-order valence-corrected chi connectivity index (χ1v) is 7.32. The van der Waals surface area contributed by atoms with Gasteiger partial charge in [-0.3, -0.25) is 4.98 Å². The van der Waals surface area contributed by atoms with Gasteiger partial charge in [-0.1, -0.05) is 35.9 Å². The van der Waals surface area contributed by atoms with E-state index < -0.39 is 6.10 Å². The van der Waals surface area contributed by atoms with Crippen molar-refractivity contribution in [3.05, 3.63) is 53.7 Å². The highest BCUT2D eigenvalue weighted by atomic mass is 16.3. The van der Waals surface area contributed by atoms with Crippen molar-refractivity contribution in [1.82, 2.24) is 10.3 Å². The third-order valence-corrected chi connectivity index (χ3v) is 3.29. The third-order valence-electron chi connectivity index (χ3n) is 3.29. The Balaban J connectivity index is 2.15. The average Bonchev–Trinajstić information content (AvgIpc) is 2.45. The fourth-order valence-electron chi connectivity index (χ4n) is 2.03. The maximum absolute atomic E-state index is 10.3. The van der Waals surface area contributed by atoms with Crippen LogP contribution in [0.15, 0.2) is 42.5 Å². The topological polar surface area (TPSA) is 45.1 Å². The van der Waals surface area contributed by atoms with E-state index in [1.54, 1.807) is 0 Å². The Labute approximate surface area is 127 Å². The molecule has 0 fully saturated rings. The number of pyridine rings is 1. The molecule has 0 spiro atoms. The first kappa shape index (κ1) is 15.7. The lowest BCUT2D eigenvalue weighted by atomic mass is 10.1. The second-order valence-electron chi connectivity index (χ2n) is 6.46. The fraction of sp³-hybridized carbons (Fsp3) is 0.389. The zero-order valence-corrected chi connectivity index (χ0v) is 13.2. The Morgan fingerprint density at radius 1 is 1.10 bits per heavy atom. The van der Waals surface area contributed by atoms with Gasteiger partial charge in [0.2, 0.25) is 0 Å². The molecule has 21 heavy (non-hydrogen) atoms. The SMILES string of the molecule is Cc1ccc(-c2cccc([C@H](O)CNC(C)(C)C)n2)cc1. The van der Waals surface area contributed by atoms with Crippen LogP contribution in [0.1, 0.15) is 38.1 Å². The van der Waals surface area contributed by atoms with E-state index >= 15 is 0 Å². The van der Waals surface area contributed by atoms with Crippen molar-refractivity contribution < 1.29 is 5.11 Å². The minimum absolute atomic E-state index is 0.0183. The molecule has 0 bridgehead atoms. The van der Waals surface area contributed by atoms with Crippen molar-refractivity contribution in [3.63, 3.8) is 0 Å². The molecule has 1 aromatic heterocycles. The van der Waals surface area contributed by atoms with Crippen molar-refractivity contribution in [3.8, 4) is 11.3 Å². The van der Waals surface area contributed by atoms with E-state index in [0.717, 1.165) is 11.3 Å². The van der Waals surface area contributed by atoms with Crippen molar-refractivity contribution in [2.24, 2.45) is 0 Å². The van der Waals surface area contributed by atoms with Crippen molar-refractivity contribution in [1.29, 1.82) is 0 Å². The van der Waals surface area contributed by atoms with Crippen LogP contribution in [0.3, 0.4) is 0 Å². The van der Waals surface area contributed by atoms with Gasteiger partial charge in [-0.25, -0.2) is 0 Å². The van der Waals surface area contributed by atoms with Crippen LogP contribution in [0.2, 0.25) is 0 Å². The Hall–Kier alpha value is -1.71. The maximum atomic E-state index is 10.3. The standard InChI is InChI=1S/C18H24N2O/c1-13-8-10-14(11-9-13)15-6-5-7-16(20-15)17(21)12-19-18(2,3)4/h5-11,17,19,21H,12H2,1-4H3/t17-/m1/s1. The molecule has 0 aliphatic carbocycles. The highest BCUT2D eigenvalue weighted by Gasteiger charge is 2.15. The summed E-state index contributed by atoms with van der Waals surface area (Å²) in [5, 5.41) is 13.6. The summed E-state index contributed by atoms with van der Waals surface area (Å²) in [6.07, 6.45) is -0.602. The normalized spacial score (nSPS) is 13.2. The van der Waals surface area contributed by atoms with Gasteiger partial charge in [0.1, 0.15) is 6.10 Å². The molecule has 3 nitrogen and oxygen atoms in total. The fourth-order valence-corrected chi connectivity index (χ4v) is 2.03. The van der Waals surface area contributed by atoms with Crippen LogP contribution in [0.5, 0.6) is 0 Å². The monoisotopic (exact) mass is 284 g/mol. The zero-order valence-electron chi connectivity index (χ0n) is 13.2. The van der Waals surface area contributed by atoms with Gasteiger partial charge in [-0.05, 0) is 39.8 Å². The predicted octanol–water partition coefficient (Wildman–Crippen LogP) is 3.48. The quantitative estimate of drug-likeness (QED) is 0.903. The molecule has 0 saturated carbocycles. The first-order valence-electron chi connectivity index (χ1n) is 7.32. The number of hydrogen-bond acceptors (Lipinski definition) is 3. The van der Waals surface area contributed by atoms with E-state index in [1.165, 1.54) is 5.56 Å². The summed E-state index contributed by atoms with van der Waals surface area (Å²) in [5.74, 6) is 0.